The molecule has 0 unspecified atom stereocenters. The Hall–Kier alpha value is -1.41. The van der Waals surface area contributed by atoms with Gasteiger partial charge in [-0.2, -0.15) is 0 Å². The Bertz CT molecular complexity index is 382. The zero-order valence-corrected chi connectivity index (χ0v) is 7.68. The van der Waals surface area contributed by atoms with Crippen molar-refractivity contribution in [2.75, 3.05) is 5.32 Å². The van der Waals surface area contributed by atoms with E-state index in [0.717, 1.165) is 16.4 Å². The van der Waals surface area contributed by atoms with Gasteiger partial charge in [0.05, 0.1) is 5.69 Å². The highest BCUT2D eigenvalue weighted by Gasteiger charge is 1.94. The van der Waals surface area contributed by atoms with Crippen LogP contribution < -0.4 is 5.32 Å². The number of anilines is 2. The molecular formula is C10H9ClN2. The summed E-state index contributed by atoms with van der Waals surface area (Å²) in [6.45, 7) is 0. The van der Waals surface area contributed by atoms with Crippen molar-refractivity contribution >= 4 is 23.0 Å². The highest BCUT2D eigenvalue weighted by Crippen LogP contribution is 2.19. The van der Waals surface area contributed by atoms with Crippen molar-refractivity contribution in [2.45, 2.75) is 0 Å². The number of aromatic nitrogens is 1. The highest BCUT2D eigenvalue weighted by molar-refractivity contribution is 6.30. The lowest BCUT2D eigenvalue weighted by atomic mass is 10.3. The fourth-order valence-corrected chi connectivity index (χ4v) is 1.32. The van der Waals surface area contributed by atoms with Crippen molar-refractivity contribution in [3.63, 3.8) is 0 Å². The van der Waals surface area contributed by atoms with E-state index in [-0.39, 0.29) is 0 Å². The fraction of sp³-hybridized carbons (Fsp3) is 0. The smallest absolute Gasteiger partial charge is 0.0561 e. The summed E-state index contributed by atoms with van der Waals surface area (Å²) in [5.74, 6) is 0. The van der Waals surface area contributed by atoms with Crippen LogP contribution in [0.2, 0.25) is 5.02 Å². The molecule has 0 radical (unpaired) electrons. The van der Waals surface area contributed by atoms with Crippen molar-refractivity contribution in [3.05, 3.63) is 47.7 Å². The molecule has 0 aliphatic heterocycles. The normalized spacial score (nSPS) is 9.92. The van der Waals surface area contributed by atoms with Crippen molar-refractivity contribution in [3.8, 4) is 0 Å². The number of rotatable bonds is 2. The van der Waals surface area contributed by atoms with Crippen LogP contribution in [-0.4, -0.2) is 4.98 Å². The third-order valence-corrected chi connectivity index (χ3v) is 1.95. The van der Waals surface area contributed by atoms with Gasteiger partial charge in [0.25, 0.3) is 0 Å². The summed E-state index contributed by atoms with van der Waals surface area (Å²) >= 11 is 5.84. The first-order valence-electron chi connectivity index (χ1n) is 4.00. The summed E-state index contributed by atoms with van der Waals surface area (Å²) in [5, 5.41) is 3.95. The molecule has 0 aliphatic rings. The molecule has 0 aliphatic carbocycles. The second-order valence-corrected chi connectivity index (χ2v) is 3.17. The van der Waals surface area contributed by atoms with Gasteiger partial charge in [-0.15, -0.1) is 0 Å². The first-order chi connectivity index (χ1) is 6.34. The Balaban J connectivity index is 2.19. The predicted octanol–water partition coefficient (Wildman–Crippen LogP) is 3.41. The van der Waals surface area contributed by atoms with Crippen LogP contribution in [0.5, 0.6) is 0 Å². The average Bonchev–Trinajstić information content (AvgIpc) is 2.57. The van der Waals surface area contributed by atoms with Crippen LogP contribution in [0, 0.1) is 0 Å². The molecule has 66 valence electrons. The van der Waals surface area contributed by atoms with Crippen molar-refractivity contribution in [2.24, 2.45) is 0 Å². The lowest BCUT2D eigenvalue weighted by Gasteiger charge is -2.02. The zero-order valence-electron chi connectivity index (χ0n) is 6.92. The second kappa shape index (κ2) is 3.54. The number of hydrogen-bond donors (Lipinski definition) is 2. The van der Waals surface area contributed by atoms with E-state index in [0.29, 0.717) is 0 Å². The quantitative estimate of drug-likeness (QED) is 0.750. The van der Waals surface area contributed by atoms with Gasteiger partial charge in [0.1, 0.15) is 0 Å². The number of nitrogens with one attached hydrogen (secondary N) is 2. The summed E-state index contributed by atoms with van der Waals surface area (Å²) in [4.78, 5) is 2.97. The maximum Gasteiger partial charge on any atom is 0.0561 e. The Morgan fingerprint density at radius 2 is 2.08 bits per heavy atom. The van der Waals surface area contributed by atoms with Crippen LogP contribution in [0.3, 0.4) is 0 Å². The molecular weight excluding hydrogens is 184 g/mol. The van der Waals surface area contributed by atoms with Gasteiger partial charge in [-0.05, 0) is 24.3 Å². The van der Waals surface area contributed by atoms with E-state index in [1.54, 1.807) is 0 Å². The number of hydrogen-bond acceptors (Lipinski definition) is 1. The van der Waals surface area contributed by atoms with Crippen molar-refractivity contribution in [1.82, 2.24) is 4.98 Å². The van der Waals surface area contributed by atoms with Crippen LogP contribution in [0.25, 0.3) is 0 Å². The third kappa shape index (κ3) is 2.04. The molecule has 0 saturated carbocycles. The Morgan fingerprint density at radius 3 is 2.77 bits per heavy atom. The van der Waals surface area contributed by atoms with Gasteiger partial charge >= 0.3 is 0 Å². The lowest BCUT2D eigenvalue weighted by Crippen LogP contribution is -1.86. The van der Waals surface area contributed by atoms with Gasteiger partial charge in [0.15, 0.2) is 0 Å². The van der Waals surface area contributed by atoms with Gasteiger partial charge in [-0.25, -0.2) is 0 Å². The molecule has 2 nitrogen and oxygen atoms in total. The molecule has 0 spiro atoms. The minimum Gasteiger partial charge on any atom is -0.366 e. The molecule has 1 aromatic carbocycles. The number of halogens is 1. The number of aromatic amines is 1. The molecule has 0 bridgehead atoms. The van der Waals surface area contributed by atoms with Crippen LogP contribution in [0.15, 0.2) is 42.7 Å². The SMILES string of the molecule is Clc1cccc(Nc2cc[nH]c2)c1. The highest BCUT2D eigenvalue weighted by atomic mass is 35.5. The molecule has 2 rings (SSSR count). The number of H-pyrrole nitrogens is 1. The van der Waals surface area contributed by atoms with Gasteiger partial charge in [0.2, 0.25) is 0 Å². The molecule has 0 amide bonds. The Labute approximate surface area is 81.6 Å². The maximum absolute atomic E-state index is 5.84. The molecule has 3 heteroatoms. The van der Waals surface area contributed by atoms with Gasteiger partial charge < -0.3 is 10.3 Å². The van der Waals surface area contributed by atoms with Crippen molar-refractivity contribution < 1.29 is 0 Å². The minimum atomic E-state index is 0.737. The van der Waals surface area contributed by atoms with E-state index in [1.165, 1.54) is 0 Å². The summed E-state index contributed by atoms with van der Waals surface area (Å²) in [6.07, 6.45) is 3.76. The van der Waals surface area contributed by atoms with Crippen molar-refractivity contribution in [1.29, 1.82) is 0 Å². The van der Waals surface area contributed by atoms with Crippen LogP contribution in [0.1, 0.15) is 0 Å². The molecule has 1 heterocycles. The average molecular weight is 193 g/mol. The molecule has 0 atom stereocenters. The molecule has 13 heavy (non-hydrogen) atoms. The van der Waals surface area contributed by atoms with Gasteiger partial charge in [0, 0.05) is 23.1 Å². The summed E-state index contributed by atoms with van der Waals surface area (Å²) in [6, 6.07) is 9.58. The first-order valence-corrected chi connectivity index (χ1v) is 4.38. The molecule has 2 N–H and O–H groups in total. The summed E-state index contributed by atoms with van der Waals surface area (Å²) < 4.78 is 0. The van der Waals surface area contributed by atoms with Crippen LogP contribution in [-0.2, 0) is 0 Å². The zero-order chi connectivity index (χ0) is 9.10. The maximum atomic E-state index is 5.84. The molecule has 1 aromatic heterocycles. The van der Waals surface area contributed by atoms with E-state index in [2.05, 4.69) is 10.3 Å². The summed E-state index contributed by atoms with van der Waals surface area (Å²) in [5.41, 5.74) is 2.02. The predicted molar refractivity (Wildman–Crippen MR) is 55.5 cm³/mol. The monoisotopic (exact) mass is 192 g/mol. The summed E-state index contributed by atoms with van der Waals surface area (Å²) in [7, 11) is 0. The van der Waals surface area contributed by atoms with E-state index < -0.39 is 0 Å². The lowest BCUT2D eigenvalue weighted by molar-refractivity contribution is 1.41. The molecule has 0 saturated heterocycles. The van der Waals surface area contributed by atoms with Gasteiger partial charge in [-0.3, -0.25) is 0 Å². The van der Waals surface area contributed by atoms with Crippen LogP contribution in [0.4, 0.5) is 11.4 Å². The third-order valence-electron chi connectivity index (χ3n) is 1.71. The second-order valence-electron chi connectivity index (χ2n) is 2.74. The van der Waals surface area contributed by atoms with Gasteiger partial charge in [-0.1, -0.05) is 17.7 Å². The van der Waals surface area contributed by atoms with E-state index in [1.807, 2.05) is 42.7 Å². The van der Waals surface area contributed by atoms with E-state index in [4.69, 9.17) is 11.6 Å². The topological polar surface area (TPSA) is 27.8 Å². The largest absolute Gasteiger partial charge is 0.366 e. The minimum absolute atomic E-state index is 0.737. The Morgan fingerprint density at radius 1 is 1.15 bits per heavy atom. The first kappa shape index (κ1) is 8.20. The number of benzene rings is 1. The van der Waals surface area contributed by atoms with E-state index in [9.17, 15) is 0 Å². The Kier molecular flexibility index (Phi) is 2.23. The van der Waals surface area contributed by atoms with Crippen LogP contribution >= 0.6 is 11.6 Å². The fourth-order valence-electron chi connectivity index (χ4n) is 1.13. The molecule has 2 aromatic rings. The molecule has 0 fully saturated rings. The van der Waals surface area contributed by atoms with E-state index >= 15 is 0 Å². The standard InChI is InChI=1S/C10H9ClN2/c11-8-2-1-3-9(6-8)13-10-4-5-12-7-10/h1-7,12-13H.